The van der Waals surface area contributed by atoms with Gasteiger partial charge in [0.1, 0.15) is 0 Å². The van der Waals surface area contributed by atoms with Gasteiger partial charge in [0, 0.05) is 32.6 Å². The Labute approximate surface area is 116 Å². The highest BCUT2D eigenvalue weighted by molar-refractivity contribution is 4.70. The number of aliphatic hydroxyl groups excluding tert-OH is 1. The summed E-state index contributed by atoms with van der Waals surface area (Å²) in [6, 6.07) is 0. The first kappa shape index (κ1) is 15.2. The minimum Gasteiger partial charge on any atom is -0.379 e. The van der Waals surface area contributed by atoms with Gasteiger partial charge in [-0.05, 0) is 32.4 Å². The third kappa shape index (κ3) is 5.75. The molecule has 0 aliphatic carbocycles. The fourth-order valence-electron chi connectivity index (χ4n) is 2.86. The number of piperidine rings is 1. The molecule has 2 rings (SSSR count). The second-order valence-electron chi connectivity index (χ2n) is 5.80. The summed E-state index contributed by atoms with van der Waals surface area (Å²) in [5.41, 5.74) is 0. The minimum absolute atomic E-state index is 0.580. The summed E-state index contributed by atoms with van der Waals surface area (Å²) in [6.07, 6.45) is 2.55. The molecule has 2 aliphatic heterocycles. The molecule has 0 bridgehead atoms. The normalized spacial score (nSPS) is 28.4. The van der Waals surface area contributed by atoms with E-state index in [9.17, 15) is 5.11 Å². The number of rotatable bonds is 6. The molecular formula is C14H28N2O3. The first-order chi connectivity index (χ1) is 9.24. The van der Waals surface area contributed by atoms with Crippen LogP contribution >= 0.6 is 0 Å². The second kappa shape index (κ2) is 8.17. The maximum absolute atomic E-state index is 9.88. The van der Waals surface area contributed by atoms with Crippen molar-refractivity contribution in [1.82, 2.24) is 9.80 Å². The van der Waals surface area contributed by atoms with E-state index in [4.69, 9.17) is 9.47 Å². The predicted octanol–water partition coefficient (Wildman–Crippen LogP) is 0.386. The molecule has 2 atom stereocenters. The molecule has 0 amide bonds. The van der Waals surface area contributed by atoms with E-state index in [0.717, 1.165) is 39.4 Å². The quantitative estimate of drug-likeness (QED) is 0.709. The van der Waals surface area contributed by atoms with Gasteiger partial charge in [-0.3, -0.25) is 4.90 Å². The van der Waals surface area contributed by atoms with Gasteiger partial charge in [0.05, 0.1) is 19.8 Å². The highest BCUT2D eigenvalue weighted by Gasteiger charge is 2.19. The van der Waals surface area contributed by atoms with Gasteiger partial charge in [-0.15, -0.1) is 0 Å². The van der Waals surface area contributed by atoms with Crippen molar-refractivity contribution in [3.8, 4) is 0 Å². The standard InChI is InChI=1S/C14H28N2O3/c1-15-5-2-3-13(11-15)12-19-14(17)4-6-16-7-9-18-10-8-16/h13-14,17H,2-12H2,1H3. The summed E-state index contributed by atoms with van der Waals surface area (Å²) in [5.74, 6) is 0.580. The monoisotopic (exact) mass is 272 g/mol. The molecule has 2 unspecified atom stereocenters. The van der Waals surface area contributed by atoms with E-state index in [2.05, 4.69) is 16.8 Å². The fraction of sp³-hybridized carbons (Fsp3) is 1.00. The van der Waals surface area contributed by atoms with Gasteiger partial charge < -0.3 is 19.5 Å². The van der Waals surface area contributed by atoms with Gasteiger partial charge in [0.2, 0.25) is 0 Å². The molecule has 0 saturated carbocycles. The largest absolute Gasteiger partial charge is 0.379 e. The summed E-state index contributed by atoms with van der Waals surface area (Å²) in [5, 5.41) is 9.88. The van der Waals surface area contributed by atoms with Crippen LogP contribution in [0.25, 0.3) is 0 Å². The zero-order valence-corrected chi connectivity index (χ0v) is 12.1. The molecule has 2 heterocycles. The maximum atomic E-state index is 9.88. The van der Waals surface area contributed by atoms with Crippen LogP contribution in [0, 0.1) is 5.92 Å². The van der Waals surface area contributed by atoms with Crippen LogP contribution in [0.15, 0.2) is 0 Å². The Hall–Kier alpha value is -0.200. The number of ether oxygens (including phenoxy) is 2. The zero-order chi connectivity index (χ0) is 13.5. The highest BCUT2D eigenvalue weighted by Crippen LogP contribution is 2.16. The second-order valence-corrected chi connectivity index (χ2v) is 5.80. The maximum Gasteiger partial charge on any atom is 0.155 e. The van der Waals surface area contributed by atoms with Gasteiger partial charge in [-0.1, -0.05) is 0 Å². The van der Waals surface area contributed by atoms with E-state index in [1.807, 2.05) is 0 Å². The zero-order valence-electron chi connectivity index (χ0n) is 12.1. The van der Waals surface area contributed by atoms with Crippen LogP contribution in [0.1, 0.15) is 19.3 Å². The van der Waals surface area contributed by atoms with Crippen molar-refractivity contribution in [3.05, 3.63) is 0 Å². The van der Waals surface area contributed by atoms with E-state index in [1.54, 1.807) is 0 Å². The average molecular weight is 272 g/mol. The van der Waals surface area contributed by atoms with Crippen molar-refractivity contribution >= 4 is 0 Å². The number of hydrogen-bond acceptors (Lipinski definition) is 5. The molecule has 2 aliphatic rings. The van der Waals surface area contributed by atoms with Crippen LogP contribution in [0.4, 0.5) is 0 Å². The smallest absolute Gasteiger partial charge is 0.155 e. The first-order valence-electron chi connectivity index (χ1n) is 7.52. The van der Waals surface area contributed by atoms with Crippen LogP contribution in [-0.2, 0) is 9.47 Å². The lowest BCUT2D eigenvalue weighted by molar-refractivity contribution is -0.121. The molecule has 2 saturated heterocycles. The van der Waals surface area contributed by atoms with Gasteiger partial charge in [0.25, 0.3) is 0 Å². The summed E-state index contributed by atoms with van der Waals surface area (Å²) in [7, 11) is 2.15. The molecule has 19 heavy (non-hydrogen) atoms. The Morgan fingerprint density at radius 1 is 1.32 bits per heavy atom. The Morgan fingerprint density at radius 2 is 2.11 bits per heavy atom. The van der Waals surface area contributed by atoms with E-state index < -0.39 is 6.29 Å². The molecule has 0 spiro atoms. The summed E-state index contributed by atoms with van der Waals surface area (Å²) >= 11 is 0. The molecule has 112 valence electrons. The number of nitrogens with zero attached hydrogens (tertiary/aromatic N) is 2. The van der Waals surface area contributed by atoms with Gasteiger partial charge in [0.15, 0.2) is 6.29 Å². The number of morpholine rings is 1. The molecule has 1 N–H and O–H groups in total. The lowest BCUT2D eigenvalue weighted by Crippen LogP contribution is -2.38. The Morgan fingerprint density at radius 3 is 2.84 bits per heavy atom. The molecule has 2 fully saturated rings. The SMILES string of the molecule is CN1CCCC(COC(O)CCN2CCOCC2)C1. The predicted molar refractivity (Wildman–Crippen MR) is 74.1 cm³/mol. The van der Waals surface area contributed by atoms with E-state index in [-0.39, 0.29) is 0 Å². The molecule has 0 aromatic carbocycles. The van der Waals surface area contributed by atoms with Crippen molar-refractivity contribution in [2.45, 2.75) is 25.6 Å². The van der Waals surface area contributed by atoms with Crippen molar-refractivity contribution in [2.75, 3.05) is 59.6 Å². The first-order valence-corrected chi connectivity index (χ1v) is 7.52. The lowest BCUT2D eigenvalue weighted by Gasteiger charge is -2.30. The summed E-state index contributed by atoms with van der Waals surface area (Å²) in [6.45, 7) is 7.44. The molecule has 0 aromatic rings. The van der Waals surface area contributed by atoms with Crippen LogP contribution in [0.3, 0.4) is 0 Å². The average Bonchev–Trinajstić information content (AvgIpc) is 2.44. The Balaban J connectivity index is 1.54. The summed E-state index contributed by atoms with van der Waals surface area (Å²) < 4.78 is 10.9. The van der Waals surface area contributed by atoms with Gasteiger partial charge in [-0.2, -0.15) is 0 Å². The Kier molecular flexibility index (Phi) is 6.53. The lowest BCUT2D eigenvalue weighted by atomic mass is 10.00. The topological polar surface area (TPSA) is 45.2 Å². The van der Waals surface area contributed by atoms with Crippen molar-refractivity contribution in [1.29, 1.82) is 0 Å². The van der Waals surface area contributed by atoms with Crippen LogP contribution in [0.2, 0.25) is 0 Å². The molecule has 5 heteroatoms. The van der Waals surface area contributed by atoms with Crippen molar-refractivity contribution < 1.29 is 14.6 Å². The van der Waals surface area contributed by atoms with E-state index >= 15 is 0 Å². The Bertz CT molecular complexity index is 247. The van der Waals surface area contributed by atoms with Crippen molar-refractivity contribution in [3.63, 3.8) is 0 Å². The molecule has 5 nitrogen and oxygen atoms in total. The van der Waals surface area contributed by atoms with Crippen LogP contribution < -0.4 is 0 Å². The summed E-state index contributed by atoms with van der Waals surface area (Å²) in [4.78, 5) is 4.67. The third-order valence-corrected chi connectivity index (χ3v) is 4.04. The molecule has 0 aromatic heterocycles. The minimum atomic E-state index is -0.616. The van der Waals surface area contributed by atoms with E-state index in [1.165, 1.54) is 19.4 Å². The molecule has 0 radical (unpaired) electrons. The number of hydrogen-bond donors (Lipinski definition) is 1. The van der Waals surface area contributed by atoms with Crippen LogP contribution in [-0.4, -0.2) is 80.8 Å². The van der Waals surface area contributed by atoms with Gasteiger partial charge in [-0.25, -0.2) is 0 Å². The van der Waals surface area contributed by atoms with E-state index in [0.29, 0.717) is 18.9 Å². The number of likely N-dealkylation sites (tertiary alicyclic amines) is 1. The fourth-order valence-corrected chi connectivity index (χ4v) is 2.86. The molecular weight excluding hydrogens is 244 g/mol. The van der Waals surface area contributed by atoms with Crippen LogP contribution in [0.5, 0.6) is 0 Å². The number of aliphatic hydroxyl groups is 1. The highest BCUT2D eigenvalue weighted by atomic mass is 16.6. The van der Waals surface area contributed by atoms with Gasteiger partial charge >= 0.3 is 0 Å². The van der Waals surface area contributed by atoms with Crippen molar-refractivity contribution in [2.24, 2.45) is 5.92 Å². The third-order valence-electron chi connectivity index (χ3n) is 4.04.